The predicted molar refractivity (Wildman–Crippen MR) is 121 cm³/mol. The molecular weight excluding hydrogens is 394 g/mol. The van der Waals surface area contributed by atoms with Crippen molar-refractivity contribution in [1.29, 1.82) is 0 Å². The van der Waals surface area contributed by atoms with Crippen LogP contribution in [-0.4, -0.2) is 46.5 Å². The number of benzene rings is 2. The van der Waals surface area contributed by atoms with Crippen molar-refractivity contribution in [2.75, 3.05) is 40.6 Å². The summed E-state index contributed by atoms with van der Waals surface area (Å²) >= 11 is 0. The Labute approximate surface area is 184 Å². The van der Waals surface area contributed by atoms with E-state index in [-0.39, 0.29) is 11.3 Å². The van der Waals surface area contributed by atoms with Gasteiger partial charge in [-0.2, -0.15) is 0 Å². The number of hydrogen-bond donors (Lipinski definition) is 1. The Balaban J connectivity index is 1.67. The van der Waals surface area contributed by atoms with Gasteiger partial charge < -0.3 is 24.3 Å². The Hall–Kier alpha value is -2.99. The Kier molecular flexibility index (Phi) is 7.95. The van der Waals surface area contributed by atoms with Gasteiger partial charge in [0.15, 0.2) is 11.5 Å². The molecule has 1 heterocycles. The fourth-order valence-electron chi connectivity index (χ4n) is 3.84. The lowest BCUT2D eigenvalue weighted by Crippen LogP contribution is -2.44. The summed E-state index contributed by atoms with van der Waals surface area (Å²) in [5.74, 6) is 2.00. The van der Waals surface area contributed by atoms with E-state index in [0.29, 0.717) is 37.9 Å². The molecule has 1 amide bonds. The summed E-state index contributed by atoms with van der Waals surface area (Å²) in [5, 5.41) is 3.08. The van der Waals surface area contributed by atoms with E-state index in [9.17, 15) is 4.79 Å². The van der Waals surface area contributed by atoms with Crippen LogP contribution in [0.2, 0.25) is 0 Å². The van der Waals surface area contributed by atoms with Crippen molar-refractivity contribution in [3.63, 3.8) is 0 Å². The highest BCUT2D eigenvalue weighted by atomic mass is 16.5. The fourth-order valence-corrected chi connectivity index (χ4v) is 3.84. The maximum Gasteiger partial charge on any atom is 0.244 e. The lowest BCUT2D eigenvalue weighted by Gasteiger charge is -2.38. The lowest BCUT2D eigenvalue weighted by molar-refractivity contribution is -0.116. The second-order valence-electron chi connectivity index (χ2n) is 7.52. The molecular formula is C25H31NO5. The summed E-state index contributed by atoms with van der Waals surface area (Å²) in [5.41, 5.74) is 1.92. The van der Waals surface area contributed by atoms with Gasteiger partial charge in [-0.15, -0.1) is 0 Å². The molecule has 0 spiro atoms. The van der Waals surface area contributed by atoms with Gasteiger partial charge in [-0.05, 0) is 61.2 Å². The standard InChI is InChI=1S/C25H31NO5/c1-4-31-21-9-7-20(8-10-21)25(13-15-30-16-14-25)18-26-24(27)12-6-19-5-11-22(28-2)23(17-19)29-3/h5-12,17H,4,13-16,18H2,1-3H3,(H,26,27). The number of amides is 1. The molecule has 0 bridgehead atoms. The van der Waals surface area contributed by atoms with Crippen LogP contribution in [0.3, 0.4) is 0 Å². The number of ether oxygens (including phenoxy) is 4. The average molecular weight is 426 g/mol. The quantitative estimate of drug-likeness (QED) is 0.616. The van der Waals surface area contributed by atoms with Gasteiger partial charge in [0.05, 0.1) is 20.8 Å². The minimum absolute atomic E-state index is 0.133. The van der Waals surface area contributed by atoms with Crippen LogP contribution in [0.15, 0.2) is 48.5 Å². The Morgan fingerprint density at radius 1 is 1.06 bits per heavy atom. The normalized spacial score (nSPS) is 15.5. The first-order valence-corrected chi connectivity index (χ1v) is 10.6. The van der Waals surface area contributed by atoms with Crippen LogP contribution in [0.4, 0.5) is 0 Å². The third kappa shape index (κ3) is 5.79. The van der Waals surface area contributed by atoms with E-state index < -0.39 is 0 Å². The first-order chi connectivity index (χ1) is 15.1. The molecule has 1 saturated heterocycles. The Morgan fingerprint density at radius 2 is 1.77 bits per heavy atom. The number of carbonyl (C=O) groups excluding carboxylic acids is 1. The lowest BCUT2D eigenvalue weighted by atomic mass is 9.74. The molecule has 0 saturated carbocycles. The summed E-state index contributed by atoms with van der Waals surface area (Å²) in [6.07, 6.45) is 5.04. The summed E-state index contributed by atoms with van der Waals surface area (Å²) in [6, 6.07) is 13.7. The van der Waals surface area contributed by atoms with Crippen molar-refractivity contribution in [2.45, 2.75) is 25.2 Å². The molecule has 0 aliphatic carbocycles. The summed E-state index contributed by atoms with van der Waals surface area (Å²) < 4.78 is 21.7. The summed E-state index contributed by atoms with van der Waals surface area (Å²) in [4.78, 5) is 12.5. The third-order valence-corrected chi connectivity index (χ3v) is 5.66. The summed E-state index contributed by atoms with van der Waals surface area (Å²) in [6.45, 7) is 4.54. The highest BCUT2D eigenvalue weighted by Gasteiger charge is 2.34. The zero-order chi connectivity index (χ0) is 22.1. The van der Waals surface area contributed by atoms with Crippen LogP contribution in [0.5, 0.6) is 17.2 Å². The largest absolute Gasteiger partial charge is 0.494 e. The highest BCUT2D eigenvalue weighted by Crippen LogP contribution is 2.35. The van der Waals surface area contributed by atoms with Crippen molar-refractivity contribution >= 4 is 12.0 Å². The molecule has 1 fully saturated rings. The molecule has 31 heavy (non-hydrogen) atoms. The van der Waals surface area contributed by atoms with E-state index in [1.165, 1.54) is 5.56 Å². The Bertz CT molecular complexity index is 885. The van der Waals surface area contributed by atoms with Gasteiger partial charge in [0.1, 0.15) is 5.75 Å². The van der Waals surface area contributed by atoms with E-state index in [2.05, 4.69) is 17.4 Å². The van der Waals surface area contributed by atoms with Gasteiger partial charge in [0.25, 0.3) is 0 Å². The van der Waals surface area contributed by atoms with Crippen LogP contribution in [0.1, 0.15) is 30.9 Å². The minimum Gasteiger partial charge on any atom is -0.494 e. The van der Waals surface area contributed by atoms with E-state index in [4.69, 9.17) is 18.9 Å². The molecule has 1 aliphatic heterocycles. The van der Waals surface area contributed by atoms with E-state index in [1.807, 2.05) is 37.3 Å². The van der Waals surface area contributed by atoms with Gasteiger partial charge in [-0.25, -0.2) is 0 Å². The second kappa shape index (κ2) is 10.9. The zero-order valence-corrected chi connectivity index (χ0v) is 18.5. The van der Waals surface area contributed by atoms with Gasteiger partial charge in [-0.3, -0.25) is 4.79 Å². The SMILES string of the molecule is CCOc1ccc(C2(CNC(=O)C=Cc3ccc(OC)c(OC)c3)CCOCC2)cc1. The topological polar surface area (TPSA) is 66.0 Å². The van der Waals surface area contributed by atoms with Crippen LogP contribution < -0.4 is 19.5 Å². The van der Waals surface area contributed by atoms with Crippen LogP contribution in [0, 0.1) is 0 Å². The van der Waals surface area contributed by atoms with E-state index in [0.717, 1.165) is 24.2 Å². The maximum atomic E-state index is 12.5. The zero-order valence-electron chi connectivity index (χ0n) is 18.5. The van der Waals surface area contributed by atoms with Gasteiger partial charge in [0, 0.05) is 31.2 Å². The van der Waals surface area contributed by atoms with Crippen molar-refractivity contribution in [1.82, 2.24) is 5.32 Å². The first kappa shape index (κ1) is 22.7. The van der Waals surface area contributed by atoms with Crippen molar-refractivity contribution in [3.8, 4) is 17.2 Å². The molecule has 1 N–H and O–H groups in total. The number of methoxy groups -OCH3 is 2. The van der Waals surface area contributed by atoms with Crippen LogP contribution >= 0.6 is 0 Å². The molecule has 0 radical (unpaired) electrons. The monoisotopic (exact) mass is 425 g/mol. The molecule has 0 aromatic heterocycles. The molecule has 3 rings (SSSR count). The predicted octanol–water partition coefficient (Wildman–Crippen LogP) is 3.98. The van der Waals surface area contributed by atoms with Crippen molar-refractivity contribution < 1.29 is 23.7 Å². The smallest absolute Gasteiger partial charge is 0.244 e. The molecule has 0 unspecified atom stereocenters. The van der Waals surface area contributed by atoms with E-state index >= 15 is 0 Å². The number of carbonyl (C=O) groups is 1. The third-order valence-electron chi connectivity index (χ3n) is 5.66. The Morgan fingerprint density at radius 3 is 2.42 bits per heavy atom. The summed E-state index contributed by atoms with van der Waals surface area (Å²) in [7, 11) is 3.18. The van der Waals surface area contributed by atoms with Crippen LogP contribution in [-0.2, 0) is 14.9 Å². The maximum absolute atomic E-state index is 12.5. The molecule has 2 aromatic carbocycles. The fraction of sp³-hybridized carbons (Fsp3) is 0.400. The van der Waals surface area contributed by atoms with Crippen LogP contribution in [0.25, 0.3) is 6.08 Å². The van der Waals surface area contributed by atoms with Gasteiger partial charge in [-0.1, -0.05) is 18.2 Å². The minimum atomic E-state index is -0.143. The molecule has 2 aromatic rings. The first-order valence-electron chi connectivity index (χ1n) is 10.6. The molecule has 6 heteroatoms. The molecule has 6 nitrogen and oxygen atoms in total. The van der Waals surface area contributed by atoms with E-state index in [1.54, 1.807) is 26.4 Å². The van der Waals surface area contributed by atoms with Gasteiger partial charge in [0.2, 0.25) is 5.91 Å². The average Bonchev–Trinajstić information content (AvgIpc) is 2.82. The molecule has 0 atom stereocenters. The number of hydrogen-bond acceptors (Lipinski definition) is 5. The second-order valence-corrected chi connectivity index (χ2v) is 7.52. The van der Waals surface area contributed by atoms with Gasteiger partial charge >= 0.3 is 0 Å². The molecule has 1 aliphatic rings. The number of nitrogens with one attached hydrogen (secondary N) is 1. The van der Waals surface area contributed by atoms with Crippen molar-refractivity contribution in [3.05, 3.63) is 59.7 Å². The van der Waals surface area contributed by atoms with Crippen molar-refractivity contribution in [2.24, 2.45) is 0 Å². The highest BCUT2D eigenvalue weighted by molar-refractivity contribution is 5.91. The molecule has 166 valence electrons. The number of rotatable bonds is 9.